The zero-order valence-electron chi connectivity index (χ0n) is 11.5. The Kier molecular flexibility index (Phi) is 4.16. The molecule has 3 rings (SSSR count). The smallest absolute Gasteiger partial charge is 0.0681 e. The van der Waals surface area contributed by atoms with Gasteiger partial charge in [0.2, 0.25) is 0 Å². The molecule has 0 bridgehead atoms. The summed E-state index contributed by atoms with van der Waals surface area (Å²) in [6, 6.07) is 9.65. The van der Waals surface area contributed by atoms with E-state index in [0.717, 1.165) is 18.2 Å². The summed E-state index contributed by atoms with van der Waals surface area (Å²) in [6.45, 7) is 3.61. The van der Waals surface area contributed by atoms with Crippen LogP contribution >= 0.6 is 0 Å². The van der Waals surface area contributed by atoms with E-state index < -0.39 is 0 Å². The number of fused-ring (bicyclic) bond motifs is 1. The predicted molar refractivity (Wildman–Crippen MR) is 76.8 cm³/mol. The number of nitrogens with one attached hydrogen (secondary N) is 1. The lowest BCUT2D eigenvalue weighted by atomic mass is 9.99. The Bertz CT molecular complexity index is 421. The van der Waals surface area contributed by atoms with E-state index in [1.54, 1.807) is 0 Å². The van der Waals surface area contributed by atoms with Crippen LogP contribution < -0.4 is 5.32 Å². The van der Waals surface area contributed by atoms with Gasteiger partial charge in [-0.25, -0.2) is 0 Å². The second-order valence-electron chi connectivity index (χ2n) is 5.85. The first-order valence-corrected chi connectivity index (χ1v) is 7.53. The first-order valence-electron chi connectivity index (χ1n) is 7.53. The highest BCUT2D eigenvalue weighted by atomic mass is 16.3. The van der Waals surface area contributed by atoms with Crippen molar-refractivity contribution in [3.05, 3.63) is 35.4 Å². The lowest BCUT2D eigenvalue weighted by molar-refractivity contribution is 0.180. The van der Waals surface area contributed by atoms with Crippen LogP contribution in [-0.4, -0.2) is 35.2 Å². The van der Waals surface area contributed by atoms with Gasteiger partial charge in [-0.05, 0) is 36.9 Å². The van der Waals surface area contributed by atoms with Gasteiger partial charge in [-0.2, -0.15) is 0 Å². The largest absolute Gasteiger partial charge is 0.392 e. The number of nitrogens with zero attached hydrogens (tertiary/aromatic N) is 1. The Morgan fingerprint density at radius 2 is 2.05 bits per heavy atom. The molecule has 0 radical (unpaired) electrons. The van der Waals surface area contributed by atoms with Crippen LogP contribution in [0.15, 0.2) is 24.3 Å². The first-order chi connectivity index (χ1) is 9.36. The third-order valence-electron chi connectivity index (χ3n) is 4.60. The van der Waals surface area contributed by atoms with Gasteiger partial charge in [0.15, 0.2) is 0 Å². The molecule has 2 atom stereocenters. The fraction of sp³-hybridized carbons (Fsp3) is 0.625. The molecular weight excluding hydrogens is 236 g/mol. The van der Waals surface area contributed by atoms with Crippen LogP contribution in [0, 0.1) is 0 Å². The second-order valence-corrected chi connectivity index (χ2v) is 5.85. The first kappa shape index (κ1) is 13.1. The summed E-state index contributed by atoms with van der Waals surface area (Å²) in [5.41, 5.74) is 2.28. The molecule has 0 amide bonds. The molecular formula is C16H24N2O. The van der Waals surface area contributed by atoms with Crippen molar-refractivity contribution in [3.63, 3.8) is 0 Å². The number of piperidine rings is 1. The van der Waals surface area contributed by atoms with Gasteiger partial charge in [-0.3, -0.25) is 4.90 Å². The quantitative estimate of drug-likeness (QED) is 0.868. The summed E-state index contributed by atoms with van der Waals surface area (Å²) in [6.07, 6.45) is 5.40. The molecule has 0 saturated carbocycles. The van der Waals surface area contributed by atoms with E-state index in [4.69, 9.17) is 5.11 Å². The van der Waals surface area contributed by atoms with Crippen LogP contribution in [0.2, 0.25) is 0 Å². The number of hydrogen-bond donors (Lipinski definition) is 2. The number of benzene rings is 1. The second kappa shape index (κ2) is 6.04. The van der Waals surface area contributed by atoms with E-state index in [9.17, 15) is 0 Å². The molecule has 2 N–H and O–H groups in total. The molecule has 0 aromatic heterocycles. The fourth-order valence-corrected chi connectivity index (χ4v) is 3.57. The topological polar surface area (TPSA) is 35.5 Å². The van der Waals surface area contributed by atoms with Crippen LogP contribution in [0.4, 0.5) is 0 Å². The molecule has 3 nitrogen and oxygen atoms in total. The highest BCUT2D eigenvalue weighted by Crippen LogP contribution is 2.27. The number of hydrogen-bond acceptors (Lipinski definition) is 3. The maximum absolute atomic E-state index is 9.17. The Hall–Kier alpha value is -0.900. The van der Waals surface area contributed by atoms with Crippen LogP contribution in [0.3, 0.4) is 0 Å². The van der Waals surface area contributed by atoms with Crippen molar-refractivity contribution in [1.29, 1.82) is 0 Å². The van der Waals surface area contributed by atoms with E-state index in [0.29, 0.717) is 6.04 Å². The maximum Gasteiger partial charge on any atom is 0.0681 e. The van der Waals surface area contributed by atoms with Gasteiger partial charge in [0.1, 0.15) is 0 Å². The van der Waals surface area contributed by atoms with Crippen molar-refractivity contribution in [1.82, 2.24) is 10.2 Å². The summed E-state index contributed by atoms with van der Waals surface area (Å²) >= 11 is 0. The molecule has 19 heavy (non-hydrogen) atoms. The Labute approximate surface area is 115 Å². The minimum atomic E-state index is 0.133. The van der Waals surface area contributed by atoms with Crippen LogP contribution in [0.5, 0.6) is 0 Å². The van der Waals surface area contributed by atoms with Gasteiger partial charge < -0.3 is 10.4 Å². The molecule has 104 valence electrons. The molecule has 2 aliphatic heterocycles. The highest BCUT2D eigenvalue weighted by Gasteiger charge is 2.34. The van der Waals surface area contributed by atoms with Crippen molar-refractivity contribution in [2.75, 3.05) is 13.1 Å². The molecule has 2 unspecified atom stereocenters. The molecule has 2 saturated heterocycles. The van der Waals surface area contributed by atoms with Gasteiger partial charge >= 0.3 is 0 Å². The average molecular weight is 260 g/mol. The number of aliphatic hydroxyl groups excluding tert-OH is 1. The minimum absolute atomic E-state index is 0.133. The van der Waals surface area contributed by atoms with Crippen LogP contribution in [0.25, 0.3) is 0 Å². The Balaban J connectivity index is 1.57. The highest BCUT2D eigenvalue weighted by molar-refractivity contribution is 5.22. The molecule has 2 aliphatic rings. The zero-order valence-corrected chi connectivity index (χ0v) is 11.5. The average Bonchev–Trinajstić information content (AvgIpc) is 2.89. The predicted octanol–water partition coefficient (Wildman–Crippen LogP) is 1.90. The number of aliphatic hydroxyl groups is 1. The lowest BCUT2D eigenvalue weighted by Crippen LogP contribution is -2.44. The van der Waals surface area contributed by atoms with Crippen molar-refractivity contribution in [2.24, 2.45) is 0 Å². The maximum atomic E-state index is 9.17. The molecule has 0 aliphatic carbocycles. The third-order valence-corrected chi connectivity index (χ3v) is 4.60. The van der Waals surface area contributed by atoms with E-state index in [1.807, 2.05) is 12.1 Å². The summed E-state index contributed by atoms with van der Waals surface area (Å²) in [5.74, 6) is 0. The third kappa shape index (κ3) is 2.99. The minimum Gasteiger partial charge on any atom is -0.392 e. The Morgan fingerprint density at radius 1 is 1.16 bits per heavy atom. The monoisotopic (exact) mass is 260 g/mol. The molecule has 1 aromatic rings. The molecule has 2 fully saturated rings. The normalized spacial score (nSPS) is 27.4. The van der Waals surface area contributed by atoms with E-state index >= 15 is 0 Å². The Morgan fingerprint density at radius 3 is 2.95 bits per heavy atom. The zero-order chi connectivity index (χ0) is 13.1. The molecule has 1 aromatic carbocycles. The molecule has 3 heteroatoms. The lowest BCUT2D eigenvalue weighted by Gasteiger charge is -2.32. The van der Waals surface area contributed by atoms with Crippen LogP contribution in [0.1, 0.15) is 36.8 Å². The van der Waals surface area contributed by atoms with Crippen molar-refractivity contribution >= 4 is 0 Å². The van der Waals surface area contributed by atoms with Gasteiger partial charge in [0.25, 0.3) is 0 Å². The van der Waals surface area contributed by atoms with Crippen molar-refractivity contribution in [3.8, 4) is 0 Å². The van der Waals surface area contributed by atoms with Crippen LogP contribution in [-0.2, 0) is 13.2 Å². The van der Waals surface area contributed by atoms with Gasteiger partial charge in [-0.1, -0.05) is 30.7 Å². The summed E-state index contributed by atoms with van der Waals surface area (Å²) in [7, 11) is 0. The summed E-state index contributed by atoms with van der Waals surface area (Å²) in [5, 5.41) is 12.9. The molecule has 0 spiro atoms. The van der Waals surface area contributed by atoms with Gasteiger partial charge in [-0.15, -0.1) is 0 Å². The summed E-state index contributed by atoms with van der Waals surface area (Å²) in [4.78, 5) is 2.66. The van der Waals surface area contributed by atoms with Gasteiger partial charge in [0.05, 0.1) is 6.61 Å². The van der Waals surface area contributed by atoms with E-state index in [2.05, 4.69) is 22.3 Å². The van der Waals surface area contributed by atoms with Gasteiger partial charge in [0, 0.05) is 25.2 Å². The fourth-order valence-electron chi connectivity index (χ4n) is 3.57. The number of rotatable bonds is 4. The van der Waals surface area contributed by atoms with Crippen molar-refractivity contribution in [2.45, 2.75) is 50.9 Å². The van der Waals surface area contributed by atoms with E-state index in [-0.39, 0.29) is 6.61 Å². The molecule has 2 heterocycles. The standard InChI is InChI=1S/C16H24N2O/c19-12-14-5-3-4-13(10-14)11-17-15-7-9-18-8-2-1-6-16(15)18/h3-5,10,15-17,19H,1-2,6-9,11-12H2. The van der Waals surface area contributed by atoms with Crippen molar-refractivity contribution < 1.29 is 5.11 Å². The van der Waals surface area contributed by atoms with E-state index in [1.165, 1.54) is 44.3 Å². The SMILES string of the molecule is OCc1cccc(CNC2CCN3CCCCC23)c1. The summed E-state index contributed by atoms with van der Waals surface area (Å²) < 4.78 is 0.